The van der Waals surface area contributed by atoms with Crippen molar-refractivity contribution in [2.24, 2.45) is 0 Å². The molecular formula is C11H12N2O2S. The summed E-state index contributed by atoms with van der Waals surface area (Å²) in [5.74, 6) is -0.0907. The minimum Gasteiger partial charge on any atom is -0.212 e. The van der Waals surface area contributed by atoms with Crippen LogP contribution in [0.2, 0.25) is 0 Å². The minimum absolute atomic E-state index is 0.0907. The van der Waals surface area contributed by atoms with Gasteiger partial charge in [0.05, 0.1) is 17.4 Å². The molecule has 0 aliphatic rings. The molecule has 0 unspecified atom stereocenters. The van der Waals surface area contributed by atoms with Gasteiger partial charge < -0.3 is 0 Å². The second-order valence-corrected chi connectivity index (χ2v) is 5.01. The number of sulfonamides is 1. The van der Waals surface area contributed by atoms with Gasteiger partial charge in [0.25, 0.3) is 0 Å². The monoisotopic (exact) mass is 236 g/mol. The smallest absolute Gasteiger partial charge is 0.212 e. The highest BCUT2D eigenvalue weighted by atomic mass is 32.2. The molecule has 0 bridgehead atoms. The van der Waals surface area contributed by atoms with Crippen LogP contribution >= 0.6 is 0 Å². The first-order valence-corrected chi connectivity index (χ1v) is 6.30. The summed E-state index contributed by atoms with van der Waals surface area (Å²) in [6.45, 7) is 3.65. The Kier molecular flexibility index (Phi) is 4.23. The van der Waals surface area contributed by atoms with Crippen molar-refractivity contribution in [2.45, 2.75) is 5.75 Å². The Bertz CT molecular complexity index is 498. The van der Waals surface area contributed by atoms with Gasteiger partial charge in [-0.05, 0) is 17.7 Å². The lowest BCUT2D eigenvalue weighted by Crippen LogP contribution is -2.25. The fourth-order valence-corrected chi connectivity index (χ4v) is 2.24. The van der Waals surface area contributed by atoms with Gasteiger partial charge in [-0.25, -0.2) is 13.1 Å². The Hall–Kier alpha value is -1.64. The molecule has 4 nitrogen and oxygen atoms in total. The first-order valence-electron chi connectivity index (χ1n) is 4.64. The predicted octanol–water partition coefficient (Wildman–Crippen LogP) is 1.16. The van der Waals surface area contributed by atoms with Crippen LogP contribution in [0, 0.1) is 11.3 Å². The molecule has 0 spiro atoms. The van der Waals surface area contributed by atoms with Crippen molar-refractivity contribution in [1.82, 2.24) is 4.72 Å². The van der Waals surface area contributed by atoms with Gasteiger partial charge in [-0.1, -0.05) is 18.2 Å². The molecule has 1 N–H and O–H groups in total. The van der Waals surface area contributed by atoms with E-state index in [2.05, 4.69) is 11.3 Å². The second kappa shape index (κ2) is 5.45. The van der Waals surface area contributed by atoms with E-state index in [9.17, 15) is 8.42 Å². The lowest BCUT2D eigenvalue weighted by atomic mass is 10.2. The maximum absolute atomic E-state index is 11.5. The Labute approximate surface area is 95.3 Å². The molecule has 0 atom stereocenters. The minimum atomic E-state index is -3.32. The Morgan fingerprint density at radius 1 is 1.38 bits per heavy atom. The molecule has 0 radical (unpaired) electrons. The Morgan fingerprint density at radius 2 is 2.00 bits per heavy atom. The zero-order chi connectivity index (χ0) is 12.0. The number of rotatable bonds is 5. The van der Waals surface area contributed by atoms with E-state index in [1.165, 1.54) is 6.08 Å². The normalized spacial score (nSPS) is 10.7. The summed E-state index contributed by atoms with van der Waals surface area (Å²) in [5, 5.41) is 8.59. The van der Waals surface area contributed by atoms with Gasteiger partial charge in [-0.15, -0.1) is 6.58 Å². The van der Waals surface area contributed by atoms with Crippen molar-refractivity contribution in [1.29, 1.82) is 5.26 Å². The van der Waals surface area contributed by atoms with Gasteiger partial charge in [0.2, 0.25) is 10.0 Å². The lowest BCUT2D eigenvalue weighted by Gasteiger charge is -2.04. The molecule has 0 heterocycles. The predicted molar refractivity (Wildman–Crippen MR) is 62.0 cm³/mol. The van der Waals surface area contributed by atoms with E-state index in [0.29, 0.717) is 11.1 Å². The van der Waals surface area contributed by atoms with Crippen LogP contribution in [0.15, 0.2) is 36.9 Å². The van der Waals surface area contributed by atoms with Crippen LogP contribution in [-0.4, -0.2) is 15.0 Å². The quantitative estimate of drug-likeness (QED) is 0.780. The van der Waals surface area contributed by atoms with E-state index < -0.39 is 10.0 Å². The van der Waals surface area contributed by atoms with Crippen LogP contribution in [0.4, 0.5) is 0 Å². The summed E-state index contributed by atoms with van der Waals surface area (Å²) in [4.78, 5) is 0. The molecule has 0 aliphatic carbocycles. The van der Waals surface area contributed by atoms with Gasteiger partial charge in [-0.3, -0.25) is 0 Å². The van der Waals surface area contributed by atoms with E-state index in [4.69, 9.17) is 5.26 Å². The van der Waals surface area contributed by atoms with Crippen molar-refractivity contribution >= 4 is 10.0 Å². The molecule has 1 aromatic carbocycles. The third-order valence-corrected chi connectivity index (χ3v) is 3.21. The number of nitriles is 1. The molecule has 16 heavy (non-hydrogen) atoms. The van der Waals surface area contributed by atoms with Gasteiger partial charge in [0, 0.05) is 6.54 Å². The van der Waals surface area contributed by atoms with Crippen LogP contribution in [-0.2, 0) is 15.8 Å². The van der Waals surface area contributed by atoms with Crippen molar-refractivity contribution in [2.75, 3.05) is 6.54 Å². The van der Waals surface area contributed by atoms with Crippen LogP contribution in [0.5, 0.6) is 0 Å². The Balaban J connectivity index is 2.73. The zero-order valence-electron chi connectivity index (χ0n) is 8.68. The molecule has 0 aromatic heterocycles. The number of benzene rings is 1. The van der Waals surface area contributed by atoms with Crippen molar-refractivity contribution in [3.8, 4) is 6.07 Å². The average molecular weight is 236 g/mol. The molecule has 84 valence electrons. The summed E-state index contributed by atoms with van der Waals surface area (Å²) in [6.07, 6.45) is 1.48. The van der Waals surface area contributed by atoms with Crippen LogP contribution in [0.3, 0.4) is 0 Å². The van der Waals surface area contributed by atoms with E-state index in [1.807, 2.05) is 6.07 Å². The van der Waals surface area contributed by atoms with Crippen molar-refractivity contribution in [3.05, 3.63) is 48.0 Å². The van der Waals surface area contributed by atoms with Gasteiger partial charge >= 0.3 is 0 Å². The largest absolute Gasteiger partial charge is 0.216 e. The fourth-order valence-electron chi connectivity index (χ4n) is 1.13. The third kappa shape index (κ3) is 3.85. The molecule has 0 aliphatic heterocycles. The van der Waals surface area contributed by atoms with E-state index in [0.717, 1.165) is 0 Å². The van der Waals surface area contributed by atoms with Crippen LogP contribution < -0.4 is 4.72 Å². The van der Waals surface area contributed by atoms with Crippen molar-refractivity contribution < 1.29 is 8.42 Å². The topological polar surface area (TPSA) is 70.0 Å². The first-order chi connectivity index (χ1) is 7.57. The van der Waals surface area contributed by atoms with Gasteiger partial charge in [0.1, 0.15) is 0 Å². The molecule has 5 heteroatoms. The number of nitrogens with one attached hydrogen (secondary N) is 1. The molecule has 1 aromatic rings. The third-order valence-electron chi connectivity index (χ3n) is 1.89. The number of hydrogen-bond donors (Lipinski definition) is 1. The van der Waals surface area contributed by atoms with E-state index in [-0.39, 0.29) is 12.3 Å². The summed E-state index contributed by atoms with van der Waals surface area (Å²) >= 11 is 0. The molecule has 0 saturated carbocycles. The summed E-state index contributed by atoms with van der Waals surface area (Å²) < 4.78 is 25.4. The lowest BCUT2D eigenvalue weighted by molar-refractivity contribution is 0.585. The average Bonchev–Trinajstić information content (AvgIpc) is 2.27. The SMILES string of the molecule is C=CCNS(=O)(=O)Cc1ccc(C#N)cc1. The maximum atomic E-state index is 11.5. The second-order valence-electron chi connectivity index (χ2n) is 3.20. The standard InChI is InChI=1S/C11H12N2O2S/c1-2-7-13-16(14,15)9-11-5-3-10(8-12)4-6-11/h2-6,13H,1,7,9H2. The number of nitrogens with zero attached hydrogens (tertiary/aromatic N) is 1. The summed E-state index contributed by atoms with van der Waals surface area (Å²) in [5.41, 5.74) is 1.16. The molecule has 0 amide bonds. The highest BCUT2D eigenvalue weighted by Gasteiger charge is 2.09. The molecular weight excluding hydrogens is 224 g/mol. The van der Waals surface area contributed by atoms with E-state index in [1.54, 1.807) is 24.3 Å². The van der Waals surface area contributed by atoms with Crippen molar-refractivity contribution in [3.63, 3.8) is 0 Å². The molecule has 1 rings (SSSR count). The van der Waals surface area contributed by atoms with Crippen LogP contribution in [0.1, 0.15) is 11.1 Å². The highest BCUT2D eigenvalue weighted by molar-refractivity contribution is 7.88. The molecule has 0 saturated heterocycles. The number of hydrogen-bond acceptors (Lipinski definition) is 3. The Morgan fingerprint density at radius 3 is 2.50 bits per heavy atom. The zero-order valence-corrected chi connectivity index (χ0v) is 9.50. The first kappa shape index (κ1) is 12.4. The summed E-state index contributed by atoms with van der Waals surface area (Å²) in [7, 11) is -3.32. The van der Waals surface area contributed by atoms with Gasteiger partial charge in [0.15, 0.2) is 0 Å². The van der Waals surface area contributed by atoms with E-state index >= 15 is 0 Å². The molecule has 0 fully saturated rings. The van der Waals surface area contributed by atoms with Gasteiger partial charge in [-0.2, -0.15) is 5.26 Å². The maximum Gasteiger partial charge on any atom is 0.216 e. The highest BCUT2D eigenvalue weighted by Crippen LogP contribution is 2.06. The summed E-state index contributed by atoms with van der Waals surface area (Å²) in [6, 6.07) is 8.43. The van der Waals surface area contributed by atoms with Crippen LogP contribution in [0.25, 0.3) is 0 Å². The fraction of sp³-hybridized carbons (Fsp3) is 0.182.